The second-order valence-electron chi connectivity index (χ2n) is 6.46. The highest BCUT2D eigenvalue weighted by atomic mass is 16.1. The largest absolute Gasteiger partial charge is 0.384 e. The minimum absolute atomic E-state index is 0.0436. The lowest BCUT2D eigenvalue weighted by atomic mass is 9.98. The number of carbonyl (C=O) groups is 1. The number of aromatic nitrogens is 2. The summed E-state index contributed by atoms with van der Waals surface area (Å²) in [5, 5.41) is 6.54. The zero-order chi connectivity index (χ0) is 16.4. The van der Waals surface area contributed by atoms with Gasteiger partial charge in [-0.25, -0.2) is 4.98 Å². The highest BCUT2D eigenvalue weighted by molar-refractivity contribution is 6.00. The Labute approximate surface area is 137 Å². The summed E-state index contributed by atoms with van der Waals surface area (Å²) in [5.41, 5.74) is 2.93. The molecule has 0 saturated carbocycles. The number of anilines is 1. The molecule has 0 aliphatic carbocycles. The Balaban J connectivity index is 1.87. The van der Waals surface area contributed by atoms with E-state index in [1.54, 1.807) is 6.20 Å². The second-order valence-corrected chi connectivity index (χ2v) is 6.46. The topological polar surface area (TPSA) is 59.0 Å². The van der Waals surface area contributed by atoms with Crippen LogP contribution in [0.4, 0.5) is 5.69 Å². The van der Waals surface area contributed by atoms with Crippen molar-refractivity contribution in [3.05, 3.63) is 47.5 Å². The molecular formula is C18H24N4O. The molecule has 1 aromatic heterocycles. The van der Waals surface area contributed by atoms with E-state index in [0.29, 0.717) is 0 Å². The standard InChI is InChI=1S/C18H24N4O/c1-12(2)15(17-20-10-11-22(17)3)21-18(23)14-8-4-6-13-7-5-9-19-16(13)14/h4,6,8,10-12,15,19H,5,7,9H2,1-3H3,(H,21,23)/t15-/m1/s1. The number of benzene rings is 1. The Morgan fingerprint density at radius 2 is 2.22 bits per heavy atom. The number of para-hydroxylation sites is 1. The second kappa shape index (κ2) is 6.44. The van der Waals surface area contributed by atoms with Crippen LogP contribution < -0.4 is 10.6 Å². The summed E-state index contributed by atoms with van der Waals surface area (Å²) in [6.07, 6.45) is 5.81. The van der Waals surface area contributed by atoms with Gasteiger partial charge in [-0.2, -0.15) is 0 Å². The molecule has 1 aromatic carbocycles. The lowest BCUT2D eigenvalue weighted by molar-refractivity contribution is 0.0923. The third kappa shape index (κ3) is 3.09. The van der Waals surface area contributed by atoms with Gasteiger partial charge in [0.25, 0.3) is 5.91 Å². The fourth-order valence-corrected chi connectivity index (χ4v) is 3.12. The molecule has 1 atom stereocenters. The van der Waals surface area contributed by atoms with Gasteiger partial charge in [-0.15, -0.1) is 0 Å². The molecule has 0 unspecified atom stereocenters. The van der Waals surface area contributed by atoms with Crippen LogP contribution in [0.2, 0.25) is 0 Å². The van der Waals surface area contributed by atoms with E-state index in [-0.39, 0.29) is 17.9 Å². The summed E-state index contributed by atoms with van der Waals surface area (Å²) in [5.74, 6) is 1.09. The quantitative estimate of drug-likeness (QED) is 0.912. The van der Waals surface area contributed by atoms with E-state index in [1.807, 2.05) is 29.9 Å². The van der Waals surface area contributed by atoms with Crippen LogP contribution >= 0.6 is 0 Å². The lowest BCUT2D eigenvalue weighted by Crippen LogP contribution is -2.34. The number of aryl methyl sites for hydroxylation is 2. The molecule has 122 valence electrons. The van der Waals surface area contributed by atoms with Crippen molar-refractivity contribution in [2.75, 3.05) is 11.9 Å². The number of amides is 1. The number of nitrogens with one attached hydrogen (secondary N) is 2. The fraction of sp³-hybridized carbons (Fsp3) is 0.444. The van der Waals surface area contributed by atoms with Gasteiger partial charge < -0.3 is 15.2 Å². The lowest BCUT2D eigenvalue weighted by Gasteiger charge is -2.25. The molecule has 5 heteroatoms. The van der Waals surface area contributed by atoms with Gasteiger partial charge >= 0.3 is 0 Å². The van der Waals surface area contributed by atoms with Crippen LogP contribution in [0.1, 0.15) is 48.1 Å². The van der Waals surface area contributed by atoms with E-state index in [1.165, 1.54) is 5.56 Å². The predicted molar refractivity (Wildman–Crippen MR) is 91.5 cm³/mol. The number of carbonyl (C=O) groups excluding carboxylic acids is 1. The molecule has 2 aromatic rings. The third-order valence-electron chi connectivity index (χ3n) is 4.41. The van der Waals surface area contributed by atoms with E-state index in [9.17, 15) is 4.79 Å². The first kappa shape index (κ1) is 15.6. The molecule has 0 spiro atoms. The van der Waals surface area contributed by atoms with Crippen LogP contribution in [0.5, 0.6) is 0 Å². The average Bonchev–Trinajstić information content (AvgIpc) is 2.97. The van der Waals surface area contributed by atoms with Crippen molar-refractivity contribution in [3.8, 4) is 0 Å². The van der Waals surface area contributed by atoms with Gasteiger partial charge in [0.1, 0.15) is 5.82 Å². The van der Waals surface area contributed by atoms with Gasteiger partial charge in [-0.1, -0.05) is 26.0 Å². The van der Waals surface area contributed by atoms with E-state index in [4.69, 9.17) is 0 Å². The van der Waals surface area contributed by atoms with E-state index in [2.05, 4.69) is 35.5 Å². The molecule has 5 nitrogen and oxygen atoms in total. The molecule has 2 N–H and O–H groups in total. The molecule has 3 rings (SSSR count). The molecule has 0 fully saturated rings. The first-order valence-electron chi connectivity index (χ1n) is 8.21. The van der Waals surface area contributed by atoms with E-state index >= 15 is 0 Å². The fourth-order valence-electron chi connectivity index (χ4n) is 3.12. The molecule has 0 saturated heterocycles. The highest BCUT2D eigenvalue weighted by Gasteiger charge is 2.24. The normalized spacial score (nSPS) is 15.0. The first-order valence-corrected chi connectivity index (χ1v) is 8.21. The minimum atomic E-state index is -0.109. The van der Waals surface area contributed by atoms with Crippen molar-refractivity contribution in [2.45, 2.75) is 32.7 Å². The van der Waals surface area contributed by atoms with Gasteiger partial charge in [0, 0.05) is 26.0 Å². The van der Waals surface area contributed by atoms with Crippen molar-refractivity contribution in [1.29, 1.82) is 0 Å². The first-order chi connectivity index (χ1) is 11.1. The molecular weight excluding hydrogens is 288 g/mol. The van der Waals surface area contributed by atoms with Gasteiger partial charge in [-0.05, 0) is 30.4 Å². The van der Waals surface area contributed by atoms with Crippen molar-refractivity contribution >= 4 is 11.6 Å². The van der Waals surface area contributed by atoms with Crippen LogP contribution in [-0.2, 0) is 13.5 Å². The Morgan fingerprint density at radius 3 is 2.91 bits per heavy atom. The molecule has 23 heavy (non-hydrogen) atoms. The summed E-state index contributed by atoms with van der Waals surface area (Å²) in [7, 11) is 1.95. The molecule has 1 aliphatic heterocycles. The van der Waals surface area contributed by atoms with Crippen molar-refractivity contribution in [2.24, 2.45) is 13.0 Å². The van der Waals surface area contributed by atoms with E-state index in [0.717, 1.165) is 36.5 Å². The Bertz CT molecular complexity index is 705. The van der Waals surface area contributed by atoms with Crippen LogP contribution in [0.25, 0.3) is 0 Å². The summed E-state index contributed by atoms with van der Waals surface area (Å²) >= 11 is 0. The number of nitrogens with zero attached hydrogens (tertiary/aromatic N) is 2. The molecule has 0 bridgehead atoms. The van der Waals surface area contributed by atoms with E-state index < -0.39 is 0 Å². The van der Waals surface area contributed by atoms with Crippen LogP contribution in [0.3, 0.4) is 0 Å². The van der Waals surface area contributed by atoms with Crippen molar-refractivity contribution < 1.29 is 4.79 Å². The Kier molecular flexibility index (Phi) is 4.37. The molecule has 0 radical (unpaired) electrons. The van der Waals surface area contributed by atoms with Gasteiger partial charge in [0.2, 0.25) is 0 Å². The zero-order valence-corrected chi connectivity index (χ0v) is 14.0. The maximum Gasteiger partial charge on any atom is 0.253 e. The number of hydrogen-bond donors (Lipinski definition) is 2. The summed E-state index contributed by atoms with van der Waals surface area (Å²) in [4.78, 5) is 17.3. The van der Waals surface area contributed by atoms with Gasteiger partial charge in [0.15, 0.2) is 0 Å². The molecule has 1 amide bonds. The number of hydrogen-bond acceptors (Lipinski definition) is 3. The van der Waals surface area contributed by atoms with Gasteiger partial charge in [0.05, 0.1) is 17.3 Å². The smallest absolute Gasteiger partial charge is 0.253 e. The average molecular weight is 312 g/mol. The van der Waals surface area contributed by atoms with Crippen LogP contribution in [-0.4, -0.2) is 22.0 Å². The summed E-state index contributed by atoms with van der Waals surface area (Å²) in [6, 6.07) is 5.84. The maximum atomic E-state index is 12.8. The maximum absolute atomic E-state index is 12.8. The zero-order valence-electron chi connectivity index (χ0n) is 14.0. The van der Waals surface area contributed by atoms with Crippen LogP contribution in [0, 0.1) is 5.92 Å². The number of imidazole rings is 1. The van der Waals surface area contributed by atoms with Crippen LogP contribution in [0.15, 0.2) is 30.6 Å². The highest BCUT2D eigenvalue weighted by Crippen LogP contribution is 2.27. The number of rotatable bonds is 4. The van der Waals surface area contributed by atoms with Gasteiger partial charge in [-0.3, -0.25) is 4.79 Å². The third-order valence-corrected chi connectivity index (χ3v) is 4.41. The monoisotopic (exact) mass is 312 g/mol. The predicted octanol–water partition coefficient (Wildman–Crippen LogP) is 2.91. The van der Waals surface area contributed by atoms with Crippen molar-refractivity contribution in [1.82, 2.24) is 14.9 Å². The Hall–Kier alpha value is -2.30. The number of fused-ring (bicyclic) bond motifs is 1. The van der Waals surface area contributed by atoms with Crippen molar-refractivity contribution in [3.63, 3.8) is 0 Å². The molecule has 2 heterocycles. The SMILES string of the molecule is CC(C)[C@@H](NC(=O)c1cccc2c1NCCC2)c1nccn1C. The summed E-state index contributed by atoms with van der Waals surface area (Å²) in [6.45, 7) is 5.11. The summed E-state index contributed by atoms with van der Waals surface area (Å²) < 4.78 is 1.96. The molecule has 1 aliphatic rings. The minimum Gasteiger partial charge on any atom is -0.384 e. The Morgan fingerprint density at radius 1 is 1.39 bits per heavy atom.